The van der Waals surface area contributed by atoms with E-state index in [9.17, 15) is 37.5 Å². The third-order valence-corrected chi connectivity index (χ3v) is 6.63. The van der Waals surface area contributed by atoms with Crippen LogP contribution in [-0.2, 0) is 27.2 Å². The second-order valence-corrected chi connectivity index (χ2v) is 8.94. The van der Waals surface area contributed by atoms with Crippen molar-refractivity contribution in [2.45, 2.75) is 50.5 Å². The molecule has 2 aromatic carbocycles. The molecule has 3 amide bonds. The third-order valence-electron chi connectivity index (χ3n) is 6.63. The first-order valence-corrected chi connectivity index (χ1v) is 11.4. The number of carboxylic acid groups (broad SMARTS) is 1. The van der Waals surface area contributed by atoms with Crippen LogP contribution in [0.15, 0.2) is 48.5 Å². The topological polar surface area (TPSA) is 116 Å². The van der Waals surface area contributed by atoms with E-state index in [1.807, 2.05) is 0 Å². The lowest BCUT2D eigenvalue weighted by atomic mass is 9.98. The largest absolute Gasteiger partial charge is 0.480 e. The number of para-hydroxylation sites is 1. The third kappa shape index (κ3) is 4.77. The van der Waals surface area contributed by atoms with Gasteiger partial charge in [0.25, 0.3) is 5.91 Å². The number of rotatable bonds is 6. The normalized spacial score (nSPS) is 20.7. The number of nitrogens with one attached hydrogen (secondary N) is 2. The molecule has 1 unspecified atom stereocenters. The molecule has 8 nitrogen and oxygen atoms in total. The molecule has 190 valence electrons. The Bertz CT molecular complexity index is 1200. The van der Waals surface area contributed by atoms with Gasteiger partial charge in [0, 0.05) is 12.0 Å². The fourth-order valence-corrected chi connectivity index (χ4v) is 4.64. The lowest BCUT2D eigenvalue weighted by molar-refractivity contribution is -0.179. The molecule has 0 radical (unpaired) electrons. The van der Waals surface area contributed by atoms with Crippen molar-refractivity contribution in [3.63, 3.8) is 0 Å². The number of carboxylic acids is 1. The van der Waals surface area contributed by atoms with Crippen molar-refractivity contribution in [2.75, 3.05) is 4.90 Å². The molecule has 0 saturated heterocycles. The minimum absolute atomic E-state index is 0.0591. The molecule has 0 saturated carbocycles. The Kier molecular flexibility index (Phi) is 6.75. The molecule has 0 bridgehead atoms. The van der Waals surface area contributed by atoms with Gasteiger partial charge in [-0.3, -0.25) is 19.3 Å². The Labute approximate surface area is 204 Å². The van der Waals surface area contributed by atoms with Crippen molar-refractivity contribution in [1.29, 1.82) is 0 Å². The lowest BCUT2D eigenvalue weighted by Gasteiger charge is -2.30. The lowest BCUT2D eigenvalue weighted by Crippen LogP contribution is -2.58. The highest BCUT2D eigenvalue weighted by atomic mass is 19.4. The molecule has 4 atom stereocenters. The molecule has 2 heterocycles. The average Bonchev–Trinajstić information content (AvgIpc) is 3.18. The second kappa shape index (κ2) is 9.63. The van der Waals surface area contributed by atoms with Gasteiger partial charge >= 0.3 is 12.1 Å². The first-order valence-electron chi connectivity index (χ1n) is 11.4. The maximum Gasteiger partial charge on any atom is 0.394 e. The number of carbonyl (C=O) groups is 4. The van der Waals surface area contributed by atoms with Gasteiger partial charge in [-0.25, -0.2) is 4.79 Å². The van der Waals surface area contributed by atoms with E-state index in [0.717, 1.165) is 17.4 Å². The molecule has 0 aromatic heterocycles. The highest BCUT2D eigenvalue weighted by Gasteiger charge is 2.47. The monoisotopic (exact) mass is 503 g/mol. The number of benzene rings is 2. The first kappa shape index (κ1) is 25.2. The van der Waals surface area contributed by atoms with E-state index in [1.54, 1.807) is 24.3 Å². The zero-order chi connectivity index (χ0) is 26.2. The second-order valence-electron chi connectivity index (χ2n) is 8.94. The molecular formula is C25H24F3N3O5. The summed E-state index contributed by atoms with van der Waals surface area (Å²) in [7, 11) is 0. The van der Waals surface area contributed by atoms with Gasteiger partial charge in [0.2, 0.25) is 11.8 Å². The summed E-state index contributed by atoms with van der Waals surface area (Å²) in [6.07, 6.45) is -4.36. The van der Waals surface area contributed by atoms with Crippen LogP contribution in [0.4, 0.5) is 18.9 Å². The predicted octanol–water partition coefficient (Wildman–Crippen LogP) is 2.46. The van der Waals surface area contributed by atoms with Gasteiger partial charge in [0.15, 0.2) is 0 Å². The Balaban J connectivity index is 1.60. The molecule has 36 heavy (non-hydrogen) atoms. The van der Waals surface area contributed by atoms with E-state index >= 15 is 0 Å². The van der Waals surface area contributed by atoms with E-state index in [2.05, 4.69) is 10.6 Å². The Hall–Kier alpha value is -3.89. The van der Waals surface area contributed by atoms with Crippen molar-refractivity contribution in [1.82, 2.24) is 10.6 Å². The Morgan fingerprint density at radius 3 is 2.36 bits per heavy atom. The number of alkyl halides is 3. The summed E-state index contributed by atoms with van der Waals surface area (Å²) >= 11 is 0. The maximum atomic E-state index is 13.6. The van der Waals surface area contributed by atoms with Crippen LogP contribution in [0.5, 0.6) is 0 Å². The summed E-state index contributed by atoms with van der Waals surface area (Å²) in [5.74, 6) is -6.25. The number of halogens is 3. The molecule has 3 N–H and O–H groups in total. The number of amides is 3. The number of nitrogens with zero attached hydrogens (tertiary/aromatic N) is 1. The summed E-state index contributed by atoms with van der Waals surface area (Å²) in [6, 6.07) is 8.23. The van der Waals surface area contributed by atoms with E-state index in [0.29, 0.717) is 17.7 Å². The molecule has 11 heteroatoms. The number of carbonyl (C=O) groups excluding carboxylic acids is 3. The van der Waals surface area contributed by atoms with Crippen LogP contribution in [0.1, 0.15) is 34.8 Å². The minimum atomic E-state index is -4.81. The van der Waals surface area contributed by atoms with E-state index in [-0.39, 0.29) is 18.4 Å². The van der Waals surface area contributed by atoms with Crippen LogP contribution >= 0.6 is 0 Å². The van der Waals surface area contributed by atoms with Gasteiger partial charge in [0.1, 0.15) is 18.1 Å². The molecular weight excluding hydrogens is 479 g/mol. The molecule has 0 spiro atoms. The quantitative estimate of drug-likeness (QED) is 0.560. The fraction of sp³-hybridized carbons (Fsp3) is 0.360. The SMILES string of the molecule is CC([C@H](NC(=O)c1ccccc1)C(=O)N[C@H]1CCc2cccc3c2N(C1=O)[C@H](C(=O)O)C3)C(F)(F)F. The molecule has 0 fully saturated rings. The van der Waals surface area contributed by atoms with Crippen LogP contribution in [0.3, 0.4) is 0 Å². The van der Waals surface area contributed by atoms with Gasteiger partial charge in [-0.05, 0) is 36.1 Å². The van der Waals surface area contributed by atoms with Gasteiger partial charge in [-0.1, -0.05) is 43.3 Å². The summed E-state index contributed by atoms with van der Waals surface area (Å²) in [4.78, 5) is 52.1. The van der Waals surface area contributed by atoms with Crippen LogP contribution < -0.4 is 15.5 Å². The van der Waals surface area contributed by atoms with Crippen LogP contribution in [0.25, 0.3) is 0 Å². The van der Waals surface area contributed by atoms with Gasteiger partial charge in [0.05, 0.1) is 11.6 Å². The van der Waals surface area contributed by atoms with Crippen molar-refractivity contribution in [3.05, 3.63) is 65.2 Å². The average molecular weight is 503 g/mol. The van der Waals surface area contributed by atoms with E-state index in [1.165, 1.54) is 24.3 Å². The van der Waals surface area contributed by atoms with E-state index < -0.39 is 53.9 Å². The zero-order valence-corrected chi connectivity index (χ0v) is 19.2. The van der Waals surface area contributed by atoms with Crippen LogP contribution in [0, 0.1) is 5.92 Å². The molecule has 0 aliphatic carbocycles. The van der Waals surface area contributed by atoms with Crippen molar-refractivity contribution in [3.8, 4) is 0 Å². The molecule has 2 aromatic rings. The summed E-state index contributed by atoms with van der Waals surface area (Å²) in [5, 5.41) is 14.2. The maximum absolute atomic E-state index is 13.6. The Morgan fingerprint density at radius 2 is 1.72 bits per heavy atom. The Morgan fingerprint density at radius 1 is 1.06 bits per heavy atom. The predicted molar refractivity (Wildman–Crippen MR) is 122 cm³/mol. The van der Waals surface area contributed by atoms with Crippen molar-refractivity contribution < 1.29 is 37.5 Å². The van der Waals surface area contributed by atoms with Crippen molar-refractivity contribution >= 4 is 29.4 Å². The number of hydrogen-bond acceptors (Lipinski definition) is 4. The highest BCUT2D eigenvalue weighted by molar-refractivity contribution is 6.07. The fourth-order valence-electron chi connectivity index (χ4n) is 4.64. The zero-order valence-electron chi connectivity index (χ0n) is 19.2. The van der Waals surface area contributed by atoms with Crippen molar-refractivity contribution in [2.24, 2.45) is 5.92 Å². The van der Waals surface area contributed by atoms with E-state index in [4.69, 9.17) is 0 Å². The van der Waals surface area contributed by atoms with Crippen LogP contribution in [-0.4, -0.2) is 53.1 Å². The minimum Gasteiger partial charge on any atom is -0.480 e. The number of anilines is 1. The number of aryl methyl sites for hydroxylation is 1. The molecule has 4 rings (SSSR count). The molecule has 2 aliphatic rings. The molecule has 2 aliphatic heterocycles. The van der Waals surface area contributed by atoms with Gasteiger partial charge in [-0.2, -0.15) is 13.2 Å². The smallest absolute Gasteiger partial charge is 0.394 e. The number of aliphatic carboxylic acids is 1. The summed E-state index contributed by atoms with van der Waals surface area (Å²) in [6.45, 7) is 0.771. The highest BCUT2D eigenvalue weighted by Crippen LogP contribution is 2.39. The van der Waals surface area contributed by atoms with Crippen LogP contribution in [0.2, 0.25) is 0 Å². The number of hydrogen-bond donors (Lipinski definition) is 3. The first-order chi connectivity index (χ1) is 17.0. The van der Waals surface area contributed by atoms with Gasteiger partial charge in [-0.15, -0.1) is 0 Å². The standard InChI is InChI=1S/C25H24F3N3O5/c1-13(25(26,27)28)19(30-21(32)15-6-3-2-4-7-15)22(33)29-17-11-10-14-8-5-9-16-12-18(24(35)36)31(20(14)16)23(17)34/h2-9,13,17-19H,10-12H2,1H3,(H,29,33)(H,30,32)(H,35,36)/t13?,17-,18-,19-/m0/s1. The summed E-state index contributed by atoms with van der Waals surface area (Å²) in [5.41, 5.74) is 1.95. The van der Waals surface area contributed by atoms with Gasteiger partial charge < -0.3 is 15.7 Å². The summed E-state index contributed by atoms with van der Waals surface area (Å²) < 4.78 is 40.8.